The van der Waals surface area contributed by atoms with Gasteiger partial charge in [-0.3, -0.25) is 4.79 Å². The fourth-order valence-electron chi connectivity index (χ4n) is 2.18. The van der Waals surface area contributed by atoms with E-state index in [0.29, 0.717) is 11.7 Å². The molecule has 0 aliphatic carbocycles. The molecule has 2 aromatic heterocycles. The number of carbonyl (C=O) groups excluding carboxylic acids is 1. The van der Waals surface area contributed by atoms with Gasteiger partial charge in [-0.1, -0.05) is 23.4 Å². The normalized spacial score (nSPS) is 12.1. The van der Waals surface area contributed by atoms with Crippen LogP contribution in [0.5, 0.6) is 0 Å². The molecule has 1 unspecified atom stereocenters. The minimum absolute atomic E-state index is 0.129. The van der Waals surface area contributed by atoms with Crippen molar-refractivity contribution in [3.05, 3.63) is 71.0 Å². The van der Waals surface area contributed by atoms with Gasteiger partial charge in [-0.05, 0) is 25.1 Å². The van der Waals surface area contributed by atoms with Crippen LogP contribution in [-0.4, -0.2) is 16.0 Å². The summed E-state index contributed by atoms with van der Waals surface area (Å²) >= 11 is 0. The molecule has 1 aromatic carbocycles. The van der Waals surface area contributed by atoms with E-state index >= 15 is 0 Å². The van der Waals surface area contributed by atoms with Crippen molar-refractivity contribution < 1.29 is 18.1 Å². The van der Waals surface area contributed by atoms with Gasteiger partial charge in [0.1, 0.15) is 17.6 Å². The van der Waals surface area contributed by atoms with Crippen LogP contribution in [0.4, 0.5) is 4.39 Å². The summed E-state index contributed by atoms with van der Waals surface area (Å²) in [7, 11) is 0. The summed E-state index contributed by atoms with van der Waals surface area (Å²) in [6.07, 6.45) is 0. The van der Waals surface area contributed by atoms with E-state index in [0.717, 1.165) is 0 Å². The molecular weight excluding hydrogens is 301 g/mol. The maximum atomic E-state index is 14.1. The average Bonchev–Trinajstić information content (AvgIpc) is 3.14. The maximum absolute atomic E-state index is 14.1. The number of hydrogen-bond acceptors (Lipinski definition) is 5. The van der Waals surface area contributed by atoms with Crippen molar-refractivity contribution in [2.75, 3.05) is 0 Å². The minimum atomic E-state index is -0.883. The van der Waals surface area contributed by atoms with Gasteiger partial charge < -0.3 is 14.3 Å². The molecule has 0 radical (unpaired) electrons. The van der Waals surface area contributed by atoms with E-state index in [4.69, 9.17) is 8.94 Å². The van der Waals surface area contributed by atoms with Gasteiger partial charge in [-0.2, -0.15) is 4.98 Å². The van der Waals surface area contributed by atoms with E-state index in [1.807, 2.05) is 0 Å². The Morgan fingerprint density at radius 2 is 2.00 bits per heavy atom. The fraction of sp³-hybridized carbons (Fsp3) is 0.188. The Hall–Kier alpha value is -2.96. The number of amides is 1. The summed E-state index contributed by atoms with van der Waals surface area (Å²) in [6.45, 7) is 3.35. The number of aryl methyl sites for hydroxylation is 2. The highest BCUT2D eigenvalue weighted by molar-refractivity contribution is 5.92. The largest absolute Gasteiger partial charge is 0.456 e. The Labute approximate surface area is 131 Å². The molecule has 118 valence electrons. The monoisotopic (exact) mass is 315 g/mol. The second kappa shape index (κ2) is 6.04. The number of nitrogens with one attached hydrogen (secondary N) is 1. The molecule has 0 spiro atoms. The third kappa shape index (κ3) is 3.13. The predicted octanol–water partition coefficient (Wildman–Crippen LogP) is 2.94. The van der Waals surface area contributed by atoms with Crippen LogP contribution in [0, 0.1) is 19.7 Å². The molecule has 7 heteroatoms. The summed E-state index contributed by atoms with van der Waals surface area (Å²) < 4.78 is 24.4. The molecule has 0 saturated carbocycles. The SMILES string of the molecule is Cc1ccc(C(=O)NC(c2noc(C)n2)c2ccccc2F)o1. The molecule has 0 aliphatic heterocycles. The maximum Gasteiger partial charge on any atom is 0.287 e. The number of furan rings is 1. The van der Waals surface area contributed by atoms with E-state index in [-0.39, 0.29) is 17.1 Å². The first kappa shape index (κ1) is 15.0. The second-order valence-corrected chi connectivity index (χ2v) is 5.01. The zero-order valence-electron chi connectivity index (χ0n) is 12.5. The van der Waals surface area contributed by atoms with Crippen LogP contribution in [0.25, 0.3) is 0 Å². The van der Waals surface area contributed by atoms with Crippen molar-refractivity contribution in [1.29, 1.82) is 0 Å². The summed E-state index contributed by atoms with van der Waals surface area (Å²) in [5.74, 6) is 0.260. The molecule has 0 bridgehead atoms. The van der Waals surface area contributed by atoms with Crippen LogP contribution < -0.4 is 5.32 Å². The standard InChI is InChI=1S/C16H14FN3O3/c1-9-7-8-13(22-9)16(21)19-14(15-18-10(2)23-20-15)11-5-3-4-6-12(11)17/h3-8,14H,1-2H3,(H,19,21). The molecule has 0 aliphatic rings. The topological polar surface area (TPSA) is 81.2 Å². The van der Waals surface area contributed by atoms with Crippen molar-refractivity contribution >= 4 is 5.91 Å². The van der Waals surface area contributed by atoms with Gasteiger partial charge >= 0.3 is 0 Å². The summed E-state index contributed by atoms with van der Waals surface area (Å²) in [4.78, 5) is 16.4. The molecule has 23 heavy (non-hydrogen) atoms. The van der Waals surface area contributed by atoms with E-state index < -0.39 is 17.8 Å². The minimum Gasteiger partial charge on any atom is -0.456 e. The Bertz CT molecular complexity index is 840. The van der Waals surface area contributed by atoms with E-state index in [1.165, 1.54) is 6.07 Å². The van der Waals surface area contributed by atoms with E-state index in [2.05, 4.69) is 15.5 Å². The third-order valence-electron chi connectivity index (χ3n) is 3.26. The molecule has 1 atom stereocenters. The fourth-order valence-corrected chi connectivity index (χ4v) is 2.18. The van der Waals surface area contributed by atoms with Crippen molar-refractivity contribution in [3.63, 3.8) is 0 Å². The lowest BCUT2D eigenvalue weighted by Gasteiger charge is -2.15. The first-order chi connectivity index (χ1) is 11.0. The Morgan fingerprint density at radius 3 is 2.61 bits per heavy atom. The van der Waals surface area contributed by atoms with Gasteiger partial charge in [0.15, 0.2) is 11.6 Å². The van der Waals surface area contributed by atoms with E-state index in [1.54, 1.807) is 44.2 Å². The molecule has 1 N–H and O–H groups in total. The second-order valence-electron chi connectivity index (χ2n) is 5.01. The van der Waals surface area contributed by atoms with Crippen LogP contribution in [-0.2, 0) is 0 Å². The Kier molecular flexibility index (Phi) is 3.92. The molecule has 6 nitrogen and oxygen atoms in total. The van der Waals surface area contributed by atoms with Gasteiger partial charge in [0.25, 0.3) is 5.91 Å². The summed E-state index contributed by atoms with van der Waals surface area (Å²) in [5.41, 5.74) is 0.241. The molecular formula is C16H14FN3O3. The quantitative estimate of drug-likeness (QED) is 0.800. The van der Waals surface area contributed by atoms with Crippen molar-refractivity contribution in [3.8, 4) is 0 Å². The summed E-state index contributed by atoms with van der Waals surface area (Å²) in [5, 5.41) is 6.46. The molecule has 3 rings (SSSR count). The zero-order valence-corrected chi connectivity index (χ0v) is 12.5. The van der Waals surface area contributed by atoms with Crippen LogP contribution in [0.3, 0.4) is 0 Å². The lowest BCUT2D eigenvalue weighted by Crippen LogP contribution is -2.30. The number of benzene rings is 1. The third-order valence-corrected chi connectivity index (χ3v) is 3.26. The van der Waals surface area contributed by atoms with Crippen molar-refractivity contribution in [1.82, 2.24) is 15.5 Å². The number of carbonyl (C=O) groups is 1. The number of hydrogen-bond donors (Lipinski definition) is 1. The van der Waals surface area contributed by atoms with Crippen molar-refractivity contribution in [2.45, 2.75) is 19.9 Å². The Balaban J connectivity index is 1.96. The van der Waals surface area contributed by atoms with Gasteiger partial charge in [0, 0.05) is 12.5 Å². The van der Waals surface area contributed by atoms with Crippen molar-refractivity contribution in [2.24, 2.45) is 0 Å². The molecule has 2 heterocycles. The first-order valence-electron chi connectivity index (χ1n) is 6.96. The molecule has 1 amide bonds. The zero-order chi connectivity index (χ0) is 16.4. The van der Waals surface area contributed by atoms with Crippen LogP contribution in [0.15, 0.2) is 45.3 Å². The van der Waals surface area contributed by atoms with Crippen LogP contribution in [0.1, 0.15) is 39.6 Å². The molecule has 0 saturated heterocycles. The highest BCUT2D eigenvalue weighted by Crippen LogP contribution is 2.23. The first-order valence-corrected chi connectivity index (χ1v) is 6.96. The average molecular weight is 315 g/mol. The highest BCUT2D eigenvalue weighted by Gasteiger charge is 2.26. The Morgan fingerprint density at radius 1 is 1.22 bits per heavy atom. The number of aromatic nitrogens is 2. The highest BCUT2D eigenvalue weighted by atomic mass is 19.1. The van der Waals surface area contributed by atoms with Crippen LogP contribution in [0.2, 0.25) is 0 Å². The van der Waals surface area contributed by atoms with E-state index in [9.17, 15) is 9.18 Å². The van der Waals surface area contributed by atoms with Gasteiger partial charge in [-0.25, -0.2) is 4.39 Å². The summed E-state index contributed by atoms with van der Waals surface area (Å²) in [6, 6.07) is 8.43. The predicted molar refractivity (Wildman–Crippen MR) is 78.2 cm³/mol. The molecule has 0 fully saturated rings. The smallest absolute Gasteiger partial charge is 0.287 e. The number of halogens is 1. The van der Waals surface area contributed by atoms with Crippen LogP contribution >= 0.6 is 0 Å². The lowest BCUT2D eigenvalue weighted by molar-refractivity contribution is 0.0911. The van der Waals surface area contributed by atoms with Gasteiger partial charge in [-0.15, -0.1) is 0 Å². The van der Waals surface area contributed by atoms with Gasteiger partial charge in [0.05, 0.1) is 0 Å². The lowest BCUT2D eigenvalue weighted by atomic mass is 10.1. The number of rotatable bonds is 4. The number of nitrogens with zero attached hydrogens (tertiary/aromatic N) is 2. The molecule has 3 aromatic rings. The van der Waals surface area contributed by atoms with Gasteiger partial charge in [0.2, 0.25) is 5.89 Å².